The fourth-order valence-electron chi connectivity index (χ4n) is 1.96. The summed E-state index contributed by atoms with van der Waals surface area (Å²) < 4.78 is 18.8. The summed E-state index contributed by atoms with van der Waals surface area (Å²) in [6.07, 6.45) is 9.34. The zero-order valence-corrected chi connectivity index (χ0v) is 12.6. The second-order valence-electron chi connectivity index (χ2n) is 5.01. The van der Waals surface area contributed by atoms with Crippen LogP contribution in [0.3, 0.4) is 0 Å². The molecule has 0 aromatic heterocycles. The minimum atomic E-state index is -0.587. The van der Waals surface area contributed by atoms with Crippen molar-refractivity contribution < 1.29 is 13.9 Å². The predicted octanol–water partition coefficient (Wildman–Crippen LogP) is 3.54. The maximum atomic E-state index is 13.7. The first-order valence-corrected chi connectivity index (χ1v) is 7.25. The highest BCUT2D eigenvalue weighted by molar-refractivity contribution is 5.94. The summed E-state index contributed by atoms with van der Waals surface area (Å²) in [6.45, 7) is 4.08. The summed E-state index contributed by atoms with van der Waals surface area (Å²) in [7, 11) is 0. The monoisotopic (exact) mass is 291 g/mol. The highest BCUT2D eigenvalue weighted by atomic mass is 19.1. The number of halogens is 1. The lowest BCUT2D eigenvalue weighted by Gasteiger charge is -2.14. The van der Waals surface area contributed by atoms with Gasteiger partial charge in [0.15, 0.2) is 11.6 Å². The van der Waals surface area contributed by atoms with Crippen LogP contribution >= 0.6 is 0 Å². The average molecular weight is 291 g/mol. The van der Waals surface area contributed by atoms with Crippen molar-refractivity contribution in [3.63, 3.8) is 0 Å². The summed E-state index contributed by atoms with van der Waals surface area (Å²) in [5, 5.41) is 2.87. The Bertz CT molecular complexity index is 508. The van der Waals surface area contributed by atoms with E-state index < -0.39 is 5.82 Å². The van der Waals surface area contributed by atoms with Gasteiger partial charge in [-0.3, -0.25) is 4.79 Å². The largest absolute Gasteiger partial charge is 0.478 e. The van der Waals surface area contributed by atoms with E-state index >= 15 is 0 Å². The summed E-state index contributed by atoms with van der Waals surface area (Å²) in [4.78, 5) is 12.0. The molecule has 0 radical (unpaired) electrons. The average Bonchev–Trinajstić information content (AvgIpc) is 2.46. The topological polar surface area (TPSA) is 38.3 Å². The highest BCUT2D eigenvalue weighted by Gasteiger charge is 2.12. The predicted molar refractivity (Wildman–Crippen MR) is 81.8 cm³/mol. The molecular formula is C17H22FNO2. The summed E-state index contributed by atoms with van der Waals surface area (Å²) in [6, 6.07) is 4.19. The van der Waals surface area contributed by atoms with E-state index in [0.717, 1.165) is 25.7 Å². The number of nitrogens with one attached hydrogen (secondary N) is 1. The number of hydrogen-bond acceptors (Lipinski definition) is 2. The van der Waals surface area contributed by atoms with Crippen LogP contribution in [-0.4, -0.2) is 18.6 Å². The molecule has 0 saturated carbocycles. The van der Waals surface area contributed by atoms with E-state index in [4.69, 9.17) is 11.2 Å². The Hall–Kier alpha value is -2.02. The van der Waals surface area contributed by atoms with Crippen LogP contribution in [0.25, 0.3) is 0 Å². The zero-order chi connectivity index (χ0) is 15.7. The second-order valence-corrected chi connectivity index (χ2v) is 5.01. The molecule has 0 bridgehead atoms. The Morgan fingerprint density at radius 2 is 2.24 bits per heavy atom. The molecule has 1 aromatic carbocycles. The molecule has 3 nitrogen and oxygen atoms in total. The minimum Gasteiger partial charge on any atom is -0.478 e. The number of ether oxygens (including phenoxy) is 1. The number of amides is 1. The SMILES string of the molecule is C#CCOc1ccc(C(=O)NC(C)CCCCC)cc1F. The van der Waals surface area contributed by atoms with Gasteiger partial charge in [-0.2, -0.15) is 0 Å². The number of rotatable bonds is 8. The molecule has 1 amide bonds. The van der Waals surface area contributed by atoms with Crippen LogP contribution in [0, 0.1) is 18.2 Å². The van der Waals surface area contributed by atoms with Crippen molar-refractivity contribution in [1.29, 1.82) is 0 Å². The lowest BCUT2D eigenvalue weighted by molar-refractivity contribution is 0.0937. The van der Waals surface area contributed by atoms with Gasteiger partial charge in [-0.25, -0.2) is 4.39 Å². The van der Waals surface area contributed by atoms with Crippen molar-refractivity contribution in [1.82, 2.24) is 5.32 Å². The van der Waals surface area contributed by atoms with Crippen molar-refractivity contribution in [3.05, 3.63) is 29.6 Å². The smallest absolute Gasteiger partial charge is 0.251 e. The summed E-state index contributed by atoms with van der Waals surface area (Å²) in [5.74, 6) is 1.46. The molecule has 1 N–H and O–H groups in total. The van der Waals surface area contributed by atoms with Crippen LogP contribution in [0.1, 0.15) is 49.9 Å². The number of carbonyl (C=O) groups is 1. The summed E-state index contributed by atoms with van der Waals surface area (Å²) in [5.41, 5.74) is 0.280. The van der Waals surface area contributed by atoms with Crippen molar-refractivity contribution in [2.45, 2.75) is 45.6 Å². The van der Waals surface area contributed by atoms with Gasteiger partial charge >= 0.3 is 0 Å². The van der Waals surface area contributed by atoms with Crippen LogP contribution in [0.15, 0.2) is 18.2 Å². The van der Waals surface area contributed by atoms with E-state index in [1.54, 1.807) is 0 Å². The third-order valence-corrected chi connectivity index (χ3v) is 3.12. The van der Waals surface area contributed by atoms with Gasteiger partial charge in [0.05, 0.1) is 0 Å². The van der Waals surface area contributed by atoms with Crippen molar-refractivity contribution in [2.24, 2.45) is 0 Å². The van der Waals surface area contributed by atoms with Crippen LogP contribution in [0.5, 0.6) is 5.75 Å². The molecule has 0 heterocycles. The molecule has 1 rings (SSSR count). The fourth-order valence-corrected chi connectivity index (χ4v) is 1.96. The Kier molecular flexibility index (Phi) is 7.31. The first-order chi connectivity index (χ1) is 10.1. The van der Waals surface area contributed by atoms with Crippen molar-refractivity contribution in [2.75, 3.05) is 6.61 Å². The first kappa shape index (κ1) is 17.0. The maximum absolute atomic E-state index is 13.7. The van der Waals surface area contributed by atoms with Gasteiger partial charge < -0.3 is 10.1 Å². The molecule has 1 aromatic rings. The number of carbonyl (C=O) groups excluding carboxylic acids is 1. The van der Waals surface area contributed by atoms with E-state index in [2.05, 4.69) is 18.2 Å². The number of terminal acetylenes is 1. The lowest BCUT2D eigenvalue weighted by atomic mass is 10.1. The standard InChI is InChI=1S/C17H22FNO2/c1-4-6-7-8-13(3)19-17(20)14-9-10-16(15(18)12-14)21-11-5-2/h2,9-10,12-13H,4,6-8,11H2,1,3H3,(H,19,20). The van der Waals surface area contributed by atoms with Crippen LogP contribution in [-0.2, 0) is 0 Å². The molecule has 0 aliphatic heterocycles. The molecule has 0 spiro atoms. The molecule has 21 heavy (non-hydrogen) atoms. The van der Waals surface area contributed by atoms with E-state index in [-0.39, 0.29) is 29.9 Å². The number of hydrogen-bond donors (Lipinski definition) is 1. The third-order valence-electron chi connectivity index (χ3n) is 3.12. The second kappa shape index (κ2) is 9.02. The lowest BCUT2D eigenvalue weighted by Crippen LogP contribution is -2.32. The van der Waals surface area contributed by atoms with Gasteiger partial charge in [0, 0.05) is 11.6 Å². The Morgan fingerprint density at radius 1 is 1.48 bits per heavy atom. The van der Waals surface area contributed by atoms with E-state index in [9.17, 15) is 9.18 Å². The fraction of sp³-hybridized carbons (Fsp3) is 0.471. The zero-order valence-electron chi connectivity index (χ0n) is 12.6. The molecule has 1 atom stereocenters. The Morgan fingerprint density at radius 3 is 2.86 bits per heavy atom. The molecule has 1 unspecified atom stereocenters. The van der Waals surface area contributed by atoms with E-state index in [0.29, 0.717) is 0 Å². The molecule has 4 heteroatoms. The minimum absolute atomic E-state index is 0.00305. The maximum Gasteiger partial charge on any atom is 0.251 e. The molecule has 0 aliphatic rings. The van der Waals surface area contributed by atoms with Gasteiger partial charge in [0.25, 0.3) is 5.91 Å². The van der Waals surface area contributed by atoms with Crippen molar-refractivity contribution >= 4 is 5.91 Å². The highest BCUT2D eigenvalue weighted by Crippen LogP contribution is 2.18. The molecule has 114 valence electrons. The third kappa shape index (κ3) is 5.86. The van der Waals surface area contributed by atoms with E-state index in [1.165, 1.54) is 18.2 Å². The quantitative estimate of drug-likeness (QED) is 0.587. The van der Waals surface area contributed by atoms with Gasteiger partial charge in [0.1, 0.15) is 6.61 Å². The summed E-state index contributed by atoms with van der Waals surface area (Å²) >= 11 is 0. The van der Waals surface area contributed by atoms with Gasteiger partial charge in [-0.1, -0.05) is 32.1 Å². The molecular weight excluding hydrogens is 269 g/mol. The van der Waals surface area contributed by atoms with Gasteiger partial charge in [-0.05, 0) is 31.5 Å². The molecule has 0 saturated heterocycles. The normalized spacial score (nSPS) is 11.5. The number of benzene rings is 1. The van der Waals surface area contributed by atoms with Gasteiger partial charge in [-0.15, -0.1) is 6.42 Å². The van der Waals surface area contributed by atoms with Crippen LogP contribution in [0.2, 0.25) is 0 Å². The Labute approximate surface area is 125 Å². The first-order valence-electron chi connectivity index (χ1n) is 7.25. The Balaban J connectivity index is 2.58. The molecule has 0 fully saturated rings. The van der Waals surface area contributed by atoms with E-state index in [1.807, 2.05) is 6.92 Å². The van der Waals surface area contributed by atoms with Crippen LogP contribution in [0.4, 0.5) is 4.39 Å². The number of unbranched alkanes of at least 4 members (excludes halogenated alkanes) is 2. The van der Waals surface area contributed by atoms with Crippen LogP contribution < -0.4 is 10.1 Å². The van der Waals surface area contributed by atoms with Gasteiger partial charge in [0.2, 0.25) is 0 Å². The molecule has 0 aliphatic carbocycles. The van der Waals surface area contributed by atoms with Crippen molar-refractivity contribution in [3.8, 4) is 18.1 Å².